The molecular weight excluding hydrogens is 478 g/mol. The number of halogens is 1. The molecule has 8 nitrogen and oxygen atoms in total. The van der Waals surface area contributed by atoms with Gasteiger partial charge in [0.25, 0.3) is 0 Å². The summed E-state index contributed by atoms with van der Waals surface area (Å²) >= 11 is 6.09. The fourth-order valence-corrected chi connectivity index (χ4v) is 4.74. The maximum atomic E-state index is 13.2. The highest BCUT2D eigenvalue weighted by Gasteiger charge is 2.27. The van der Waals surface area contributed by atoms with Crippen molar-refractivity contribution < 1.29 is 22.7 Å². The van der Waals surface area contributed by atoms with E-state index < -0.39 is 16.1 Å². The number of sulfonamides is 1. The monoisotopic (exact) mass is 509 g/mol. The standard InChI is InChI=1S/C24H32ClN3O5S/c1-5-26-24(30)18(2)27(17-19-10-8-11-20(25)16-19)23(29)14-9-15-28(34(4,31)32)21-12-6-7-13-22(21)33-3/h6-8,10-13,16,18H,5,9,14-15,17H2,1-4H3,(H,26,30)/t18-/m0/s1. The molecule has 0 aliphatic rings. The Hall–Kier alpha value is -2.78. The topological polar surface area (TPSA) is 96.0 Å². The van der Waals surface area contributed by atoms with Crippen molar-refractivity contribution in [2.24, 2.45) is 0 Å². The third-order valence-electron chi connectivity index (χ3n) is 5.27. The number of carbonyl (C=O) groups excluding carboxylic acids is 2. The van der Waals surface area contributed by atoms with Gasteiger partial charge in [0.2, 0.25) is 21.8 Å². The molecule has 0 heterocycles. The van der Waals surface area contributed by atoms with Gasteiger partial charge in [-0.1, -0.05) is 35.9 Å². The number of rotatable bonds is 12. The van der Waals surface area contributed by atoms with Crippen LogP contribution in [0.3, 0.4) is 0 Å². The minimum atomic E-state index is -3.61. The summed E-state index contributed by atoms with van der Waals surface area (Å²) in [6.07, 6.45) is 1.44. The van der Waals surface area contributed by atoms with Gasteiger partial charge in [-0.05, 0) is 50.1 Å². The zero-order valence-electron chi connectivity index (χ0n) is 20.0. The molecular formula is C24H32ClN3O5S. The molecule has 0 fully saturated rings. The second-order valence-corrected chi connectivity index (χ2v) is 10.2. The van der Waals surface area contributed by atoms with Gasteiger partial charge in [-0.2, -0.15) is 0 Å². The highest BCUT2D eigenvalue weighted by atomic mass is 35.5. The Morgan fingerprint density at radius 2 is 1.85 bits per heavy atom. The van der Waals surface area contributed by atoms with Gasteiger partial charge in [0.1, 0.15) is 11.8 Å². The summed E-state index contributed by atoms with van der Waals surface area (Å²) in [5.41, 5.74) is 1.20. The van der Waals surface area contributed by atoms with Crippen molar-refractivity contribution in [3.63, 3.8) is 0 Å². The third-order valence-corrected chi connectivity index (χ3v) is 6.68. The van der Waals surface area contributed by atoms with Crippen LogP contribution in [-0.2, 0) is 26.2 Å². The maximum Gasteiger partial charge on any atom is 0.242 e. The fourth-order valence-electron chi connectivity index (χ4n) is 3.55. The molecule has 2 aromatic rings. The molecule has 10 heteroatoms. The van der Waals surface area contributed by atoms with Gasteiger partial charge in [0.05, 0.1) is 19.1 Å². The van der Waals surface area contributed by atoms with E-state index in [1.165, 1.54) is 16.3 Å². The average molecular weight is 510 g/mol. The molecule has 0 bridgehead atoms. The van der Waals surface area contributed by atoms with E-state index in [0.29, 0.717) is 23.0 Å². The number of methoxy groups -OCH3 is 1. The van der Waals surface area contributed by atoms with Gasteiger partial charge < -0.3 is 15.0 Å². The number of para-hydroxylation sites is 2. The number of amides is 2. The number of carbonyl (C=O) groups is 2. The number of ether oxygens (including phenoxy) is 1. The molecule has 0 aliphatic heterocycles. The molecule has 1 N–H and O–H groups in total. The molecule has 0 radical (unpaired) electrons. The smallest absolute Gasteiger partial charge is 0.242 e. The fraction of sp³-hybridized carbons (Fsp3) is 0.417. The Morgan fingerprint density at radius 3 is 2.47 bits per heavy atom. The minimum Gasteiger partial charge on any atom is -0.495 e. The van der Waals surface area contributed by atoms with Gasteiger partial charge in [-0.15, -0.1) is 0 Å². The highest BCUT2D eigenvalue weighted by Crippen LogP contribution is 2.29. The Kier molecular flexibility index (Phi) is 10.2. The quantitative estimate of drug-likeness (QED) is 0.472. The summed E-state index contributed by atoms with van der Waals surface area (Å²) in [5, 5.41) is 3.28. The van der Waals surface area contributed by atoms with Crippen LogP contribution in [0.5, 0.6) is 5.75 Å². The van der Waals surface area contributed by atoms with E-state index in [1.807, 2.05) is 13.0 Å². The van der Waals surface area contributed by atoms with Crippen molar-refractivity contribution in [3.05, 3.63) is 59.1 Å². The predicted molar refractivity (Wildman–Crippen MR) is 135 cm³/mol. The first kappa shape index (κ1) is 27.5. The first-order valence-electron chi connectivity index (χ1n) is 11.0. The van der Waals surface area contributed by atoms with Crippen molar-refractivity contribution in [3.8, 4) is 5.75 Å². The highest BCUT2D eigenvalue weighted by molar-refractivity contribution is 7.92. The van der Waals surface area contributed by atoms with E-state index in [2.05, 4.69) is 5.32 Å². The minimum absolute atomic E-state index is 0.0610. The van der Waals surface area contributed by atoms with E-state index in [0.717, 1.165) is 11.8 Å². The van der Waals surface area contributed by atoms with E-state index in [-0.39, 0.29) is 37.7 Å². The van der Waals surface area contributed by atoms with Crippen LogP contribution >= 0.6 is 11.6 Å². The van der Waals surface area contributed by atoms with E-state index in [1.54, 1.807) is 49.4 Å². The van der Waals surface area contributed by atoms with Crippen LogP contribution in [0.1, 0.15) is 32.3 Å². The van der Waals surface area contributed by atoms with Gasteiger partial charge in [-0.25, -0.2) is 8.42 Å². The lowest BCUT2D eigenvalue weighted by molar-refractivity contribution is -0.140. The normalized spacial score (nSPS) is 12.0. The van der Waals surface area contributed by atoms with E-state index >= 15 is 0 Å². The third kappa shape index (κ3) is 7.63. The van der Waals surface area contributed by atoms with Crippen molar-refractivity contribution >= 4 is 39.1 Å². The molecule has 0 saturated heterocycles. The van der Waals surface area contributed by atoms with Crippen molar-refractivity contribution in [2.75, 3.05) is 30.8 Å². The lowest BCUT2D eigenvalue weighted by Gasteiger charge is -2.29. The van der Waals surface area contributed by atoms with Crippen LogP contribution in [0.25, 0.3) is 0 Å². The maximum absolute atomic E-state index is 13.2. The van der Waals surface area contributed by atoms with Gasteiger partial charge in [0, 0.05) is 31.1 Å². The number of nitrogens with zero attached hydrogens (tertiary/aromatic N) is 2. The summed E-state index contributed by atoms with van der Waals surface area (Å²) in [6, 6.07) is 13.2. The number of anilines is 1. The first-order chi connectivity index (χ1) is 16.1. The Morgan fingerprint density at radius 1 is 1.15 bits per heavy atom. The summed E-state index contributed by atoms with van der Waals surface area (Å²) in [6.45, 7) is 4.23. The van der Waals surface area contributed by atoms with Crippen LogP contribution in [0.15, 0.2) is 48.5 Å². The van der Waals surface area contributed by atoms with Gasteiger partial charge >= 0.3 is 0 Å². The van der Waals surface area contributed by atoms with Crippen LogP contribution < -0.4 is 14.4 Å². The summed E-state index contributed by atoms with van der Waals surface area (Å²) < 4.78 is 31.5. The van der Waals surface area contributed by atoms with Gasteiger partial charge in [-0.3, -0.25) is 13.9 Å². The Labute approximate surface area is 206 Å². The molecule has 0 saturated carbocycles. The number of hydrogen-bond donors (Lipinski definition) is 1. The molecule has 2 rings (SSSR count). The molecule has 2 amide bonds. The Bertz CT molecular complexity index is 1090. The van der Waals surface area contributed by atoms with E-state index in [9.17, 15) is 18.0 Å². The second kappa shape index (κ2) is 12.6. The van der Waals surface area contributed by atoms with Crippen LogP contribution in [0.4, 0.5) is 5.69 Å². The molecule has 34 heavy (non-hydrogen) atoms. The lowest BCUT2D eigenvalue weighted by atomic mass is 10.1. The zero-order chi connectivity index (χ0) is 25.3. The lowest BCUT2D eigenvalue weighted by Crippen LogP contribution is -2.47. The van der Waals surface area contributed by atoms with Crippen molar-refractivity contribution in [1.82, 2.24) is 10.2 Å². The van der Waals surface area contributed by atoms with Crippen molar-refractivity contribution in [2.45, 2.75) is 39.3 Å². The number of nitrogens with one attached hydrogen (secondary N) is 1. The number of hydrogen-bond acceptors (Lipinski definition) is 5. The summed E-state index contributed by atoms with van der Waals surface area (Å²) in [5.74, 6) is -0.0939. The predicted octanol–water partition coefficient (Wildman–Crippen LogP) is 3.45. The first-order valence-corrected chi connectivity index (χ1v) is 13.2. The zero-order valence-corrected chi connectivity index (χ0v) is 21.5. The van der Waals surface area contributed by atoms with E-state index in [4.69, 9.17) is 16.3 Å². The summed E-state index contributed by atoms with van der Waals surface area (Å²) in [7, 11) is -2.14. The second-order valence-electron chi connectivity index (χ2n) is 7.83. The number of likely N-dealkylation sites (N-methyl/N-ethyl adjacent to an activating group) is 1. The SMILES string of the molecule is CCNC(=O)[C@H](C)N(Cc1cccc(Cl)c1)C(=O)CCCN(c1ccccc1OC)S(C)(=O)=O. The average Bonchev–Trinajstić information content (AvgIpc) is 2.79. The molecule has 1 atom stereocenters. The summed E-state index contributed by atoms with van der Waals surface area (Å²) in [4.78, 5) is 27.2. The molecule has 0 spiro atoms. The van der Waals surface area contributed by atoms with Crippen molar-refractivity contribution in [1.29, 1.82) is 0 Å². The number of benzene rings is 2. The molecule has 2 aromatic carbocycles. The Balaban J connectivity index is 2.18. The van der Waals surface area contributed by atoms with Crippen LogP contribution in [0.2, 0.25) is 5.02 Å². The van der Waals surface area contributed by atoms with Crippen LogP contribution in [-0.4, -0.2) is 57.6 Å². The largest absolute Gasteiger partial charge is 0.495 e. The molecule has 186 valence electrons. The molecule has 0 unspecified atom stereocenters. The van der Waals surface area contributed by atoms with Crippen LogP contribution in [0, 0.1) is 0 Å². The van der Waals surface area contributed by atoms with Gasteiger partial charge in [0.15, 0.2) is 0 Å². The molecule has 0 aromatic heterocycles. The molecule has 0 aliphatic carbocycles.